The molecule has 11 heteroatoms. The number of ketones is 1. The number of amides is 2. The lowest BCUT2D eigenvalue weighted by atomic mass is 9.82. The van der Waals surface area contributed by atoms with E-state index < -0.39 is 48.1 Å². The summed E-state index contributed by atoms with van der Waals surface area (Å²) in [7, 11) is 1.50. The second-order valence-corrected chi connectivity index (χ2v) is 10.3. The van der Waals surface area contributed by atoms with Crippen molar-refractivity contribution in [2.24, 2.45) is 5.92 Å². The van der Waals surface area contributed by atoms with Crippen LogP contribution in [0, 0.1) is 5.92 Å². The second kappa shape index (κ2) is 11.5. The maximum atomic E-state index is 13.6. The Morgan fingerprint density at radius 1 is 1.13 bits per heavy atom. The first-order chi connectivity index (χ1) is 18.1. The summed E-state index contributed by atoms with van der Waals surface area (Å²) in [5.74, 6) is -6.56. The Hall–Kier alpha value is -3.50. The largest absolute Gasteiger partial charge is 0.497 e. The summed E-state index contributed by atoms with van der Waals surface area (Å²) in [6.45, 7) is -0.835. The molecule has 2 aliphatic rings. The number of hydrogen-bond donors (Lipinski definition) is 3. The van der Waals surface area contributed by atoms with Gasteiger partial charge in [0.05, 0.1) is 12.7 Å². The molecule has 3 N–H and O–H groups in total. The van der Waals surface area contributed by atoms with Crippen LogP contribution in [0.4, 0.5) is 8.78 Å². The number of nitrogens with one attached hydrogen (secondary N) is 2. The van der Waals surface area contributed by atoms with Crippen molar-refractivity contribution in [1.82, 2.24) is 15.2 Å². The lowest BCUT2D eigenvalue weighted by Crippen LogP contribution is -2.58. The maximum absolute atomic E-state index is 13.6. The molecule has 2 aromatic rings. The third-order valence-electron chi connectivity index (χ3n) is 7.66. The maximum Gasteiger partial charge on any atom is 0.323 e. The number of H-pyrrole nitrogens is 1. The van der Waals surface area contributed by atoms with Gasteiger partial charge in [-0.15, -0.1) is 0 Å². The molecule has 9 nitrogen and oxygen atoms in total. The number of aromatic amines is 1. The van der Waals surface area contributed by atoms with Crippen LogP contribution >= 0.6 is 0 Å². The highest BCUT2D eigenvalue weighted by Crippen LogP contribution is 2.34. The van der Waals surface area contributed by atoms with Gasteiger partial charge in [-0.2, -0.15) is 0 Å². The highest BCUT2D eigenvalue weighted by molar-refractivity contribution is 6.45. The zero-order valence-corrected chi connectivity index (χ0v) is 21.3. The number of rotatable bonds is 9. The molecule has 0 unspecified atom stereocenters. The van der Waals surface area contributed by atoms with Crippen molar-refractivity contribution in [3.05, 3.63) is 30.0 Å². The van der Waals surface area contributed by atoms with E-state index in [0.717, 1.165) is 24.2 Å². The Balaban J connectivity index is 1.63. The summed E-state index contributed by atoms with van der Waals surface area (Å²) in [6.07, 6.45) is 4.57. The lowest BCUT2D eigenvalue weighted by Gasteiger charge is -2.38. The predicted molar refractivity (Wildman–Crippen MR) is 134 cm³/mol. The number of carboxylic acid groups (broad SMARTS) is 1. The third-order valence-corrected chi connectivity index (χ3v) is 7.66. The SMILES string of the molecule is COc1ccc2c(C(=O)C(=O)N(CC(=O)O)[C@@H](C(=O)NC3CCC(F)(F)CC3)C3CCCCC3)c[nH]c2c1. The summed E-state index contributed by atoms with van der Waals surface area (Å²) in [6, 6.07) is 3.22. The van der Waals surface area contributed by atoms with Crippen LogP contribution in [0.2, 0.25) is 0 Å². The molecule has 4 rings (SSSR count). The standard InChI is InChI=1S/C27H33F2N3O6/c1-38-18-7-8-19-20(14-30-21(19)13-18)24(35)26(37)32(15-22(33)34)23(16-5-3-2-4-6-16)25(36)31-17-9-11-27(28,29)12-10-17/h7-8,13-14,16-17,23,30H,2-6,9-12,15H2,1H3,(H,31,36)(H,33,34)/t23-/m1/s1. The average molecular weight is 534 g/mol. The van der Waals surface area contributed by atoms with Gasteiger partial charge in [-0.05, 0) is 43.7 Å². The van der Waals surface area contributed by atoms with E-state index in [-0.39, 0.29) is 37.2 Å². The van der Waals surface area contributed by atoms with Crippen LogP contribution < -0.4 is 10.1 Å². The minimum Gasteiger partial charge on any atom is -0.497 e. The van der Waals surface area contributed by atoms with E-state index in [4.69, 9.17) is 4.74 Å². The van der Waals surface area contributed by atoms with E-state index in [2.05, 4.69) is 10.3 Å². The van der Waals surface area contributed by atoms with Crippen LogP contribution in [0.1, 0.15) is 68.1 Å². The molecule has 1 atom stereocenters. The molecule has 0 radical (unpaired) electrons. The number of methoxy groups -OCH3 is 1. The quantitative estimate of drug-likeness (QED) is 0.331. The summed E-state index contributed by atoms with van der Waals surface area (Å²) in [5, 5.41) is 12.9. The highest BCUT2D eigenvalue weighted by atomic mass is 19.3. The molecule has 206 valence electrons. The third kappa shape index (κ3) is 6.14. The van der Waals surface area contributed by atoms with E-state index in [1.165, 1.54) is 13.3 Å². The van der Waals surface area contributed by atoms with E-state index in [9.17, 15) is 33.1 Å². The van der Waals surface area contributed by atoms with Gasteiger partial charge in [0.2, 0.25) is 11.8 Å². The zero-order chi connectivity index (χ0) is 27.4. The van der Waals surface area contributed by atoms with Gasteiger partial charge in [0.15, 0.2) is 0 Å². The molecular formula is C27H33F2N3O6. The molecule has 2 aliphatic carbocycles. The molecule has 0 spiro atoms. The Bertz CT molecular complexity index is 1200. The van der Waals surface area contributed by atoms with Gasteiger partial charge in [-0.25, -0.2) is 8.78 Å². The Morgan fingerprint density at radius 2 is 1.82 bits per heavy atom. The number of carbonyl (C=O) groups excluding carboxylic acids is 3. The molecule has 1 aromatic heterocycles. The highest BCUT2D eigenvalue weighted by Gasteiger charge is 2.42. The van der Waals surface area contributed by atoms with Gasteiger partial charge in [-0.3, -0.25) is 19.2 Å². The Labute approximate surface area is 218 Å². The molecule has 0 saturated heterocycles. The molecule has 0 bridgehead atoms. The molecule has 1 aromatic carbocycles. The molecule has 1 heterocycles. The molecule has 38 heavy (non-hydrogen) atoms. The number of carbonyl (C=O) groups is 4. The second-order valence-electron chi connectivity index (χ2n) is 10.3. The number of alkyl halides is 2. The molecule has 2 saturated carbocycles. The van der Waals surface area contributed by atoms with Crippen molar-refractivity contribution in [1.29, 1.82) is 0 Å². The number of carboxylic acids is 1. The van der Waals surface area contributed by atoms with Gasteiger partial charge >= 0.3 is 5.97 Å². The number of fused-ring (bicyclic) bond motifs is 1. The van der Waals surface area contributed by atoms with Crippen molar-refractivity contribution in [2.45, 2.75) is 75.8 Å². The lowest BCUT2D eigenvalue weighted by molar-refractivity contribution is -0.148. The summed E-state index contributed by atoms with van der Waals surface area (Å²) < 4.78 is 32.5. The Kier molecular flexibility index (Phi) is 8.32. The van der Waals surface area contributed by atoms with Crippen molar-refractivity contribution in [3.8, 4) is 5.75 Å². The zero-order valence-electron chi connectivity index (χ0n) is 21.3. The normalized spacial score (nSPS) is 19.0. The number of hydrogen-bond acceptors (Lipinski definition) is 5. The fraction of sp³-hybridized carbons (Fsp3) is 0.556. The number of nitrogens with zero attached hydrogens (tertiary/aromatic N) is 1. The molecule has 2 fully saturated rings. The molecule has 0 aliphatic heterocycles. The topological polar surface area (TPSA) is 129 Å². The van der Waals surface area contributed by atoms with Crippen LogP contribution in [0.25, 0.3) is 10.9 Å². The van der Waals surface area contributed by atoms with E-state index in [1.807, 2.05) is 0 Å². The number of ether oxygens (including phenoxy) is 1. The summed E-state index contributed by atoms with van der Waals surface area (Å²) in [5.41, 5.74) is 0.612. The average Bonchev–Trinajstić information content (AvgIpc) is 3.32. The van der Waals surface area contributed by atoms with E-state index in [0.29, 0.717) is 29.5 Å². The van der Waals surface area contributed by atoms with Crippen molar-refractivity contribution in [2.75, 3.05) is 13.7 Å². The van der Waals surface area contributed by atoms with Gasteiger partial charge < -0.3 is 25.0 Å². The van der Waals surface area contributed by atoms with Crippen molar-refractivity contribution >= 4 is 34.5 Å². The van der Waals surface area contributed by atoms with Crippen LogP contribution in [0.3, 0.4) is 0 Å². The first kappa shape index (κ1) is 27.5. The molecule has 2 amide bonds. The number of aliphatic carboxylic acids is 1. The van der Waals surface area contributed by atoms with Crippen LogP contribution in [0.15, 0.2) is 24.4 Å². The van der Waals surface area contributed by atoms with E-state index >= 15 is 0 Å². The Morgan fingerprint density at radius 3 is 2.45 bits per heavy atom. The monoisotopic (exact) mass is 533 g/mol. The minimum atomic E-state index is -2.77. The number of halogens is 2. The predicted octanol–water partition coefficient (Wildman–Crippen LogP) is 3.92. The van der Waals surface area contributed by atoms with Gasteiger partial charge in [0, 0.05) is 42.0 Å². The van der Waals surface area contributed by atoms with Gasteiger partial charge in [0.25, 0.3) is 11.7 Å². The van der Waals surface area contributed by atoms with Crippen LogP contribution in [-0.2, 0) is 14.4 Å². The molecular weight excluding hydrogens is 500 g/mol. The smallest absolute Gasteiger partial charge is 0.323 e. The number of aromatic nitrogens is 1. The van der Waals surface area contributed by atoms with Crippen molar-refractivity contribution < 1.29 is 37.8 Å². The first-order valence-electron chi connectivity index (χ1n) is 13.0. The fourth-order valence-electron chi connectivity index (χ4n) is 5.64. The van der Waals surface area contributed by atoms with E-state index in [1.54, 1.807) is 18.2 Å². The van der Waals surface area contributed by atoms with Crippen LogP contribution in [-0.4, -0.2) is 70.2 Å². The fourth-order valence-corrected chi connectivity index (χ4v) is 5.64. The summed E-state index contributed by atoms with van der Waals surface area (Å²) in [4.78, 5) is 56.2. The van der Waals surface area contributed by atoms with Gasteiger partial charge in [-0.1, -0.05) is 19.3 Å². The first-order valence-corrected chi connectivity index (χ1v) is 13.0. The van der Waals surface area contributed by atoms with Crippen molar-refractivity contribution in [3.63, 3.8) is 0 Å². The number of benzene rings is 1. The minimum absolute atomic E-state index is 0.0559. The number of Topliss-reactive ketones (excluding diaryl/α,β-unsaturated/α-hetero) is 1. The van der Waals surface area contributed by atoms with Gasteiger partial charge in [0.1, 0.15) is 18.3 Å². The summed E-state index contributed by atoms with van der Waals surface area (Å²) >= 11 is 0. The van der Waals surface area contributed by atoms with Crippen LogP contribution in [0.5, 0.6) is 5.75 Å².